The van der Waals surface area contributed by atoms with Gasteiger partial charge in [0.15, 0.2) is 0 Å². The Morgan fingerprint density at radius 1 is 1.16 bits per heavy atom. The van der Waals surface area contributed by atoms with Gasteiger partial charge in [0.2, 0.25) is 0 Å². The Kier molecular flexibility index (Phi) is 6.59. The zero-order valence-corrected chi connectivity index (χ0v) is 19.4. The van der Waals surface area contributed by atoms with E-state index in [2.05, 4.69) is 16.7 Å². The van der Waals surface area contributed by atoms with Crippen LogP contribution in [0.2, 0.25) is 0 Å². The van der Waals surface area contributed by atoms with E-state index in [1.807, 2.05) is 51.0 Å². The maximum atomic E-state index is 12.7. The van der Waals surface area contributed by atoms with E-state index in [-0.39, 0.29) is 12.6 Å². The molecule has 2 heterocycles. The van der Waals surface area contributed by atoms with Crippen LogP contribution >= 0.6 is 11.8 Å². The molecule has 2 amide bonds. The molecule has 1 aromatic carbocycles. The van der Waals surface area contributed by atoms with Gasteiger partial charge < -0.3 is 14.2 Å². The molecule has 31 heavy (non-hydrogen) atoms. The number of anilines is 1. The smallest absolute Gasteiger partial charge is 0.326 e. The van der Waals surface area contributed by atoms with Crippen molar-refractivity contribution in [3.63, 3.8) is 0 Å². The number of aromatic nitrogens is 1. The minimum Gasteiger partial charge on any atom is -0.462 e. The first kappa shape index (κ1) is 22.7. The van der Waals surface area contributed by atoms with Gasteiger partial charge in [-0.1, -0.05) is 0 Å². The molecule has 0 radical (unpaired) electrons. The minimum absolute atomic E-state index is 0.297. The Balaban J connectivity index is 1.86. The van der Waals surface area contributed by atoms with Crippen molar-refractivity contribution in [3.8, 4) is 5.69 Å². The molecular formula is C23H27N3O4S. The maximum Gasteiger partial charge on any atom is 0.326 e. The van der Waals surface area contributed by atoms with E-state index in [1.165, 1.54) is 0 Å². The number of nitrogens with zero attached hydrogens (tertiary/aromatic N) is 3. The highest BCUT2D eigenvalue weighted by molar-refractivity contribution is 8.18. The van der Waals surface area contributed by atoms with Gasteiger partial charge >= 0.3 is 5.97 Å². The largest absolute Gasteiger partial charge is 0.462 e. The highest BCUT2D eigenvalue weighted by Crippen LogP contribution is 2.33. The van der Waals surface area contributed by atoms with Gasteiger partial charge in [0, 0.05) is 36.9 Å². The lowest BCUT2D eigenvalue weighted by atomic mass is 10.2. The van der Waals surface area contributed by atoms with Gasteiger partial charge in [-0.05, 0) is 81.4 Å². The highest BCUT2D eigenvalue weighted by Gasteiger charge is 2.37. The van der Waals surface area contributed by atoms with Gasteiger partial charge in [0.25, 0.3) is 11.1 Å². The van der Waals surface area contributed by atoms with E-state index in [0.717, 1.165) is 45.0 Å². The van der Waals surface area contributed by atoms with Crippen LogP contribution in [0.15, 0.2) is 35.2 Å². The van der Waals surface area contributed by atoms with Crippen LogP contribution in [0.3, 0.4) is 0 Å². The Bertz CT molecular complexity index is 1050. The fourth-order valence-corrected chi connectivity index (χ4v) is 4.27. The summed E-state index contributed by atoms with van der Waals surface area (Å²) < 4.78 is 7.16. The van der Waals surface area contributed by atoms with E-state index in [4.69, 9.17) is 4.74 Å². The summed E-state index contributed by atoms with van der Waals surface area (Å²) in [6.07, 6.45) is 1.41. The maximum absolute atomic E-state index is 12.7. The zero-order chi connectivity index (χ0) is 22.9. The molecule has 0 spiro atoms. The van der Waals surface area contributed by atoms with Crippen LogP contribution in [-0.2, 0) is 14.3 Å². The standard InChI is InChI=1S/C23H27N3O4S/c1-14(2)30-21(27)13-25-22(28)20(31-23(25)29)12-17-11-15(3)26(16(17)4)19-9-7-18(8-10-19)24(5)6/h7-12,14H,13H2,1-6H3. The molecule has 8 heteroatoms. The molecule has 1 saturated heterocycles. The summed E-state index contributed by atoms with van der Waals surface area (Å²) in [6.45, 7) is 7.03. The van der Waals surface area contributed by atoms with Crippen molar-refractivity contribution in [3.05, 3.63) is 52.2 Å². The Hall–Kier alpha value is -3.00. The summed E-state index contributed by atoms with van der Waals surface area (Å²) >= 11 is 0.838. The molecule has 0 atom stereocenters. The Labute approximate surface area is 186 Å². The number of imide groups is 1. The SMILES string of the molecule is Cc1cc(C=C2SC(=O)N(CC(=O)OC(C)C)C2=O)c(C)n1-c1ccc(N(C)C)cc1. The van der Waals surface area contributed by atoms with Crippen LogP contribution in [0, 0.1) is 13.8 Å². The predicted octanol–water partition coefficient (Wildman–Crippen LogP) is 4.15. The van der Waals surface area contributed by atoms with E-state index < -0.39 is 17.1 Å². The normalized spacial score (nSPS) is 15.3. The van der Waals surface area contributed by atoms with E-state index in [0.29, 0.717) is 4.91 Å². The second-order valence-electron chi connectivity index (χ2n) is 7.88. The minimum atomic E-state index is -0.599. The topological polar surface area (TPSA) is 71.8 Å². The first-order valence-electron chi connectivity index (χ1n) is 10.00. The van der Waals surface area contributed by atoms with Crippen molar-refractivity contribution in [2.75, 3.05) is 25.5 Å². The molecule has 0 bridgehead atoms. The first-order chi connectivity index (χ1) is 14.6. The number of carbonyl (C=O) groups excluding carboxylic acids is 3. The third-order valence-corrected chi connectivity index (χ3v) is 5.82. The van der Waals surface area contributed by atoms with E-state index >= 15 is 0 Å². The molecular weight excluding hydrogens is 414 g/mol. The molecule has 1 aromatic heterocycles. The molecule has 1 aliphatic heterocycles. The number of thioether (sulfide) groups is 1. The quantitative estimate of drug-likeness (QED) is 0.495. The summed E-state index contributed by atoms with van der Waals surface area (Å²) in [4.78, 5) is 40.1. The van der Waals surface area contributed by atoms with Gasteiger partial charge in [-0.25, -0.2) is 0 Å². The van der Waals surface area contributed by atoms with Gasteiger partial charge in [0.05, 0.1) is 11.0 Å². The second kappa shape index (κ2) is 9.01. The monoisotopic (exact) mass is 441 g/mol. The number of aryl methyl sites for hydroxylation is 1. The van der Waals surface area contributed by atoms with Gasteiger partial charge in [-0.15, -0.1) is 0 Å². The van der Waals surface area contributed by atoms with Crippen molar-refractivity contribution in [1.29, 1.82) is 0 Å². The highest BCUT2D eigenvalue weighted by atomic mass is 32.2. The van der Waals surface area contributed by atoms with Crippen molar-refractivity contribution >= 4 is 40.6 Å². The van der Waals surface area contributed by atoms with Gasteiger partial charge in [-0.2, -0.15) is 0 Å². The van der Waals surface area contributed by atoms with Crippen LogP contribution in [-0.4, -0.2) is 53.3 Å². The number of amides is 2. The number of ether oxygens (including phenoxy) is 1. The molecule has 2 aromatic rings. The number of carbonyl (C=O) groups is 3. The van der Waals surface area contributed by atoms with Crippen LogP contribution in [0.5, 0.6) is 0 Å². The number of hydrogen-bond acceptors (Lipinski definition) is 6. The Morgan fingerprint density at radius 3 is 2.39 bits per heavy atom. The molecule has 0 saturated carbocycles. The summed E-state index contributed by atoms with van der Waals surface area (Å²) in [6, 6.07) is 10.2. The first-order valence-corrected chi connectivity index (χ1v) is 10.8. The third-order valence-electron chi connectivity index (χ3n) is 4.91. The predicted molar refractivity (Wildman–Crippen MR) is 123 cm³/mol. The van der Waals surface area contributed by atoms with Crippen LogP contribution in [0.25, 0.3) is 11.8 Å². The van der Waals surface area contributed by atoms with Gasteiger partial charge in [-0.3, -0.25) is 19.3 Å². The van der Waals surface area contributed by atoms with Crippen molar-refractivity contribution in [2.24, 2.45) is 0 Å². The average Bonchev–Trinajstić information content (AvgIpc) is 3.11. The third kappa shape index (κ3) is 4.85. The van der Waals surface area contributed by atoms with Crippen molar-refractivity contribution < 1.29 is 19.1 Å². The molecule has 3 rings (SSSR count). The van der Waals surface area contributed by atoms with Gasteiger partial charge in [0.1, 0.15) is 6.54 Å². The number of rotatable bonds is 6. The summed E-state index contributed by atoms with van der Waals surface area (Å²) in [7, 11) is 3.99. The van der Waals surface area contributed by atoms with Crippen LogP contribution < -0.4 is 4.90 Å². The van der Waals surface area contributed by atoms with E-state index in [9.17, 15) is 14.4 Å². The second-order valence-corrected chi connectivity index (χ2v) is 8.87. The van der Waals surface area contributed by atoms with E-state index in [1.54, 1.807) is 19.9 Å². The number of hydrogen-bond donors (Lipinski definition) is 0. The fraction of sp³-hybridized carbons (Fsp3) is 0.348. The molecule has 7 nitrogen and oxygen atoms in total. The summed E-state index contributed by atoms with van der Waals surface area (Å²) in [5.74, 6) is -1.08. The summed E-state index contributed by atoms with van der Waals surface area (Å²) in [5.41, 5.74) is 4.95. The average molecular weight is 442 g/mol. The van der Waals surface area contributed by atoms with Crippen molar-refractivity contribution in [1.82, 2.24) is 9.47 Å². The molecule has 164 valence electrons. The molecule has 1 aliphatic rings. The molecule has 0 unspecified atom stereocenters. The Morgan fingerprint density at radius 2 is 1.81 bits per heavy atom. The summed E-state index contributed by atoms with van der Waals surface area (Å²) in [5, 5.41) is -0.468. The zero-order valence-electron chi connectivity index (χ0n) is 18.6. The lowest BCUT2D eigenvalue weighted by Crippen LogP contribution is -2.35. The molecule has 0 aliphatic carbocycles. The number of esters is 1. The lowest BCUT2D eigenvalue weighted by molar-refractivity contribution is -0.149. The molecule has 0 N–H and O–H groups in total. The fourth-order valence-electron chi connectivity index (χ4n) is 3.44. The number of benzene rings is 1. The van der Waals surface area contributed by atoms with Crippen LogP contribution in [0.1, 0.15) is 30.8 Å². The molecule has 1 fully saturated rings. The lowest BCUT2D eigenvalue weighted by Gasteiger charge is -2.15. The van der Waals surface area contributed by atoms with Crippen molar-refractivity contribution in [2.45, 2.75) is 33.8 Å². The van der Waals surface area contributed by atoms with Crippen LogP contribution in [0.4, 0.5) is 10.5 Å².